The average Bonchev–Trinajstić information content (AvgIpc) is 2.37. The highest BCUT2D eigenvalue weighted by Gasteiger charge is 2.24. The first-order valence-electron chi connectivity index (χ1n) is 7.06. The van der Waals surface area contributed by atoms with E-state index in [1.165, 1.54) is 30.2 Å². The summed E-state index contributed by atoms with van der Waals surface area (Å²) >= 11 is 0. The molecular formula is C16H20N2O. The fourth-order valence-corrected chi connectivity index (χ4v) is 2.78. The summed E-state index contributed by atoms with van der Waals surface area (Å²) in [5.41, 5.74) is 2.36. The molecule has 19 heavy (non-hydrogen) atoms. The Balaban J connectivity index is 1.86. The quantitative estimate of drug-likeness (QED) is 0.893. The summed E-state index contributed by atoms with van der Waals surface area (Å²) in [6, 6.07) is 11.0. The van der Waals surface area contributed by atoms with E-state index in [1.54, 1.807) is 0 Å². The van der Waals surface area contributed by atoms with Crippen LogP contribution in [0.2, 0.25) is 0 Å². The number of rotatable bonds is 5. The Bertz CT molecular complexity index is 546. The van der Waals surface area contributed by atoms with Crippen molar-refractivity contribution in [2.75, 3.05) is 13.2 Å². The van der Waals surface area contributed by atoms with Gasteiger partial charge in [0, 0.05) is 30.7 Å². The van der Waals surface area contributed by atoms with Gasteiger partial charge in [-0.15, -0.1) is 0 Å². The minimum atomic E-state index is 0.236. The smallest absolute Gasteiger partial charge is 0.0705 e. The SMILES string of the molecule is OCCN(Cc1ccnc2ccccc12)C1CCC1. The standard InChI is InChI=1S/C16H20N2O/c19-11-10-18(14-4-3-5-14)12-13-8-9-17-16-7-2-1-6-15(13)16/h1-2,6-9,14,19H,3-5,10-12H2. The van der Waals surface area contributed by atoms with E-state index >= 15 is 0 Å². The number of aliphatic hydroxyl groups excluding tert-OH is 1. The van der Waals surface area contributed by atoms with E-state index in [-0.39, 0.29) is 6.61 Å². The van der Waals surface area contributed by atoms with Crippen molar-refractivity contribution in [1.82, 2.24) is 9.88 Å². The third kappa shape index (κ3) is 2.62. The topological polar surface area (TPSA) is 36.4 Å². The number of para-hydroxylation sites is 1. The highest BCUT2D eigenvalue weighted by atomic mass is 16.3. The summed E-state index contributed by atoms with van der Waals surface area (Å²) in [6.45, 7) is 1.91. The summed E-state index contributed by atoms with van der Waals surface area (Å²) in [5, 5.41) is 10.5. The molecule has 1 aromatic heterocycles. The van der Waals surface area contributed by atoms with Crippen LogP contribution in [0.15, 0.2) is 36.5 Å². The maximum atomic E-state index is 9.24. The van der Waals surface area contributed by atoms with E-state index in [4.69, 9.17) is 0 Å². The molecule has 0 bridgehead atoms. The largest absolute Gasteiger partial charge is 0.395 e. The zero-order valence-corrected chi connectivity index (χ0v) is 11.1. The summed E-state index contributed by atoms with van der Waals surface area (Å²) in [6.07, 6.45) is 5.74. The van der Waals surface area contributed by atoms with Gasteiger partial charge in [0.25, 0.3) is 0 Å². The molecule has 0 aliphatic heterocycles. The number of aromatic nitrogens is 1. The van der Waals surface area contributed by atoms with Crippen LogP contribution in [0.25, 0.3) is 10.9 Å². The molecule has 3 heteroatoms. The second-order valence-electron chi connectivity index (χ2n) is 5.27. The van der Waals surface area contributed by atoms with Crippen LogP contribution in [0.4, 0.5) is 0 Å². The minimum Gasteiger partial charge on any atom is -0.395 e. The van der Waals surface area contributed by atoms with Gasteiger partial charge in [-0.3, -0.25) is 9.88 Å². The van der Waals surface area contributed by atoms with Crippen LogP contribution in [-0.2, 0) is 6.54 Å². The Kier molecular flexibility index (Phi) is 3.76. The third-order valence-corrected chi connectivity index (χ3v) is 4.09. The van der Waals surface area contributed by atoms with Crippen LogP contribution in [0, 0.1) is 0 Å². The molecule has 1 heterocycles. The molecule has 3 rings (SSSR count). The number of fused-ring (bicyclic) bond motifs is 1. The van der Waals surface area contributed by atoms with Crippen molar-refractivity contribution >= 4 is 10.9 Å². The molecule has 0 spiro atoms. The first kappa shape index (κ1) is 12.6. The first-order valence-corrected chi connectivity index (χ1v) is 7.06. The molecule has 2 aromatic rings. The number of benzene rings is 1. The van der Waals surface area contributed by atoms with Gasteiger partial charge in [-0.05, 0) is 30.5 Å². The van der Waals surface area contributed by atoms with E-state index < -0.39 is 0 Å². The van der Waals surface area contributed by atoms with Crippen LogP contribution < -0.4 is 0 Å². The molecule has 1 aliphatic rings. The molecule has 1 aromatic carbocycles. The van der Waals surface area contributed by atoms with Crippen LogP contribution in [0.3, 0.4) is 0 Å². The van der Waals surface area contributed by atoms with Crippen LogP contribution in [-0.4, -0.2) is 34.2 Å². The second-order valence-corrected chi connectivity index (χ2v) is 5.27. The Labute approximate surface area is 113 Å². The molecule has 0 atom stereocenters. The average molecular weight is 256 g/mol. The third-order valence-electron chi connectivity index (χ3n) is 4.09. The zero-order valence-electron chi connectivity index (χ0n) is 11.1. The van der Waals surface area contributed by atoms with Crippen molar-refractivity contribution in [2.45, 2.75) is 31.8 Å². The molecule has 0 amide bonds. The molecular weight excluding hydrogens is 236 g/mol. The van der Waals surface area contributed by atoms with Crippen molar-refractivity contribution < 1.29 is 5.11 Å². The zero-order chi connectivity index (χ0) is 13.1. The number of aliphatic hydroxyl groups is 1. The Morgan fingerprint density at radius 1 is 1.21 bits per heavy atom. The van der Waals surface area contributed by atoms with Crippen LogP contribution >= 0.6 is 0 Å². The molecule has 1 aliphatic carbocycles. The van der Waals surface area contributed by atoms with Gasteiger partial charge in [-0.2, -0.15) is 0 Å². The predicted octanol–water partition coefficient (Wildman–Crippen LogP) is 2.58. The van der Waals surface area contributed by atoms with Crippen molar-refractivity contribution in [3.8, 4) is 0 Å². The number of hydrogen-bond donors (Lipinski definition) is 1. The highest BCUT2D eigenvalue weighted by Crippen LogP contribution is 2.27. The maximum absolute atomic E-state index is 9.24. The Morgan fingerprint density at radius 3 is 2.79 bits per heavy atom. The van der Waals surface area contributed by atoms with Crippen LogP contribution in [0.5, 0.6) is 0 Å². The van der Waals surface area contributed by atoms with E-state index in [9.17, 15) is 5.11 Å². The molecule has 100 valence electrons. The van der Waals surface area contributed by atoms with Crippen molar-refractivity contribution in [3.63, 3.8) is 0 Å². The lowest BCUT2D eigenvalue weighted by atomic mass is 9.91. The van der Waals surface area contributed by atoms with Gasteiger partial charge >= 0.3 is 0 Å². The van der Waals surface area contributed by atoms with Gasteiger partial charge in [-0.25, -0.2) is 0 Å². The van der Waals surface area contributed by atoms with E-state index in [0.29, 0.717) is 6.04 Å². The van der Waals surface area contributed by atoms with Gasteiger partial charge in [0.1, 0.15) is 0 Å². The minimum absolute atomic E-state index is 0.236. The molecule has 1 N–H and O–H groups in total. The summed E-state index contributed by atoms with van der Waals surface area (Å²) in [5.74, 6) is 0. The molecule has 0 saturated heterocycles. The molecule has 0 unspecified atom stereocenters. The molecule has 1 saturated carbocycles. The highest BCUT2D eigenvalue weighted by molar-refractivity contribution is 5.81. The van der Waals surface area contributed by atoms with Crippen molar-refractivity contribution in [3.05, 3.63) is 42.1 Å². The Hall–Kier alpha value is -1.45. The summed E-state index contributed by atoms with van der Waals surface area (Å²) < 4.78 is 0. The van der Waals surface area contributed by atoms with Gasteiger partial charge in [-0.1, -0.05) is 24.6 Å². The molecule has 0 radical (unpaired) electrons. The van der Waals surface area contributed by atoms with Crippen LogP contribution in [0.1, 0.15) is 24.8 Å². The predicted molar refractivity (Wildman–Crippen MR) is 76.9 cm³/mol. The van der Waals surface area contributed by atoms with Gasteiger partial charge in [0.05, 0.1) is 12.1 Å². The number of nitrogens with zero attached hydrogens (tertiary/aromatic N) is 2. The first-order chi connectivity index (χ1) is 9.38. The number of pyridine rings is 1. The lowest BCUT2D eigenvalue weighted by Crippen LogP contribution is -2.41. The van der Waals surface area contributed by atoms with E-state index in [1.807, 2.05) is 12.3 Å². The second kappa shape index (κ2) is 5.68. The van der Waals surface area contributed by atoms with Crippen molar-refractivity contribution in [1.29, 1.82) is 0 Å². The summed E-state index contributed by atoms with van der Waals surface area (Å²) in [7, 11) is 0. The van der Waals surface area contributed by atoms with Gasteiger partial charge < -0.3 is 5.11 Å². The van der Waals surface area contributed by atoms with E-state index in [2.05, 4.69) is 34.1 Å². The lowest BCUT2D eigenvalue weighted by molar-refractivity contribution is 0.0949. The molecule has 1 fully saturated rings. The van der Waals surface area contributed by atoms with Gasteiger partial charge in [0.2, 0.25) is 0 Å². The van der Waals surface area contributed by atoms with Gasteiger partial charge in [0.15, 0.2) is 0 Å². The monoisotopic (exact) mass is 256 g/mol. The molecule has 3 nitrogen and oxygen atoms in total. The number of hydrogen-bond acceptors (Lipinski definition) is 3. The lowest BCUT2D eigenvalue weighted by Gasteiger charge is -2.37. The van der Waals surface area contributed by atoms with E-state index in [0.717, 1.165) is 18.6 Å². The fraction of sp³-hybridized carbons (Fsp3) is 0.438. The Morgan fingerprint density at radius 2 is 2.05 bits per heavy atom. The summed E-state index contributed by atoms with van der Waals surface area (Å²) in [4.78, 5) is 6.81. The maximum Gasteiger partial charge on any atom is 0.0705 e. The normalized spacial score (nSPS) is 15.9. The fourth-order valence-electron chi connectivity index (χ4n) is 2.78. The van der Waals surface area contributed by atoms with Crippen molar-refractivity contribution in [2.24, 2.45) is 0 Å².